The summed E-state index contributed by atoms with van der Waals surface area (Å²) in [5.41, 5.74) is 0. The Hall–Kier alpha value is 3.00. The molecular weight excluding hydrogens is 1750 g/mol. The molecule has 0 atom stereocenters. The zero-order valence-electron chi connectivity index (χ0n) is 88.3. The van der Waals surface area contributed by atoms with Gasteiger partial charge >= 0.3 is 0 Å². The number of halogens is 12. The highest BCUT2D eigenvalue weighted by Gasteiger charge is 2.14. The van der Waals surface area contributed by atoms with Gasteiger partial charge in [0, 0.05) is 0 Å². The number of hydrogen-bond acceptors (Lipinski definition) is 0. The zero-order chi connectivity index (χ0) is 84.4. The fraction of sp³-hybridized carbons (Fsp3) is 1.00. The largest absolute Gasteiger partial charge is 1.00 e. The fourth-order valence-electron chi connectivity index (χ4n) is 13.4. The van der Waals surface area contributed by atoms with Crippen molar-refractivity contribution in [1.82, 2.24) is 0 Å². The summed E-state index contributed by atoms with van der Waals surface area (Å²) in [6.45, 7) is 15.9. The van der Waals surface area contributed by atoms with Gasteiger partial charge in [0.25, 0.3) is 0 Å². The van der Waals surface area contributed by atoms with Crippen molar-refractivity contribution in [2.24, 2.45) is 0 Å². The minimum absolute atomic E-state index is 0. The van der Waals surface area contributed by atoms with Crippen LogP contribution in [0, 0.1) is 0 Å². The molecule has 0 rings (SSSR count). The molecule has 0 amide bonds. The van der Waals surface area contributed by atoms with Crippen molar-refractivity contribution >= 4 is 0 Å². The fourth-order valence-corrected chi connectivity index (χ4v) is 13.4. The van der Waals surface area contributed by atoms with E-state index in [4.69, 9.17) is 0 Å². The van der Waals surface area contributed by atoms with E-state index in [0.717, 1.165) is 53.8 Å². The highest BCUT2D eigenvalue weighted by molar-refractivity contribution is 4.53. The Kier molecular flexibility index (Phi) is 136. The molecule has 0 aliphatic rings. The quantitative estimate of drug-likeness (QED) is 0.0421. The third kappa shape index (κ3) is 201. The van der Waals surface area contributed by atoms with Crippen molar-refractivity contribution in [3.63, 3.8) is 0 Å². The van der Waals surface area contributed by atoms with E-state index in [1.165, 1.54) is 387 Å². The molecule has 0 saturated carbocycles. The van der Waals surface area contributed by atoms with Gasteiger partial charge in [0.2, 0.25) is 0 Å². The topological polar surface area (TPSA) is 0 Å². The normalized spacial score (nSPS) is 11.7. The predicted octanol–water partition coefficient (Wildman–Crippen LogP) is -14.8. The average Bonchev–Trinajstić information content (AvgIpc) is 0.941. The van der Waals surface area contributed by atoms with Crippen LogP contribution in [-0.4, -0.2) is 386 Å². The summed E-state index contributed by atoms with van der Waals surface area (Å²) in [7, 11) is 82.3. The Morgan fingerprint density at radius 1 is 0.0667 bits per heavy atom. The van der Waals surface area contributed by atoms with Gasteiger partial charge in [-0.2, -0.15) is 0 Å². The average molecular weight is 1980 g/mol. The molecule has 0 spiro atoms. The maximum absolute atomic E-state index is 2.29. The van der Waals surface area contributed by atoms with Crippen molar-refractivity contribution in [3.05, 3.63) is 0 Å². The van der Waals surface area contributed by atoms with Crippen LogP contribution < -0.4 is 149 Å². The second-order valence-corrected chi connectivity index (χ2v) is 47.1. The number of quaternary nitrogens is 12. The van der Waals surface area contributed by atoms with Crippen LogP contribution in [0.5, 0.6) is 0 Å². The number of hydrogen-bond donors (Lipinski definition) is 0. The van der Waals surface area contributed by atoms with Gasteiger partial charge in [0.05, 0.1) is 332 Å². The highest BCUT2D eigenvalue weighted by atomic mass is 35.5. The Balaban J connectivity index is -0.0000000637. The molecule has 0 aliphatic heterocycles. The van der Waals surface area contributed by atoms with Gasteiger partial charge in [0.15, 0.2) is 0 Å². The van der Waals surface area contributed by atoms with Crippen LogP contribution >= 0.6 is 0 Å². The summed E-state index contributed by atoms with van der Waals surface area (Å²) >= 11 is 0. The molecule has 0 radical (unpaired) electrons. The van der Waals surface area contributed by atoms with E-state index in [1.807, 2.05) is 0 Å². The second kappa shape index (κ2) is 98.0. The smallest absolute Gasteiger partial charge is 0.0780 e. The third-order valence-electron chi connectivity index (χ3n) is 20.4. The van der Waals surface area contributed by atoms with E-state index in [2.05, 4.69) is 254 Å². The Morgan fingerprint density at radius 2 is 0.100 bits per heavy atom. The van der Waals surface area contributed by atoms with Crippen LogP contribution in [0.1, 0.15) is 308 Å². The minimum Gasteiger partial charge on any atom is -1.00 e. The molecule has 0 aromatic rings. The lowest BCUT2D eigenvalue weighted by Crippen LogP contribution is -3.00. The molecule has 0 N–H and O–H groups in total. The lowest BCUT2D eigenvalue weighted by Gasteiger charge is -2.23. The van der Waals surface area contributed by atoms with Gasteiger partial charge in [-0.3, -0.25) is 0 Å². The van der Waals surface area contributed by atoms with Crippen molar-refractivity contribution in [2.75, 3.05) is 332 Å². The molecule has 0 bridgehead atoms. The number of nitrogens with zero attached hydrogens (tertiary/aromatic N) is 12. The van der Waals surface area contributed by atoms with E-state index in [1.54, 1.807) is 0 Å². The van der Waals surface area contributed by atoms with Gasteiger partial charge in [0.1, 0.15) is 0 Å². The molecular formula is C96H228Cl12N12. The monoisotopic (exact) mass is 1970 g/mol. The lowest BCUT2D eigenvalue weighted by molar-refractivity contribution is -0.870. The maximum atomic E-state index is 2.29. The summed E-state index contributed by atoms with van der Waals surface area (Å²) in [5, 5.41) is 0. The summed E-state index contributed by atoms with van der Waals surface area (Å²) < 4.78 is 13.4. The van der Waals surface area contributed by atoms with Gasteiger partial charge in [-0.15, -0.1) is 0 Å². The van der Waals surface area contributed by atoms with Gasteiger partial charge in [-0.05, 0) is 154 Å². The van der Waals surface area contributed by atoms with E-state index >= 15 is 0 Å². The first-order valence-corrected chi connectivity index (χ1v) is 46.9. The van der Waals surface area contributed by atoms with Gasteiger partial charge in [-0.25, -0.2) is 0 Å². The number of rotatable bonds is 66. The van der Waals surface area contributed by atoms with Crippen molar-refractivity contribution in [3.8, 4) is 0 Å². The van der Waals surface area contributed by atoms with E-state index in [-0.39, 0.29) is 149 Å². The summed E-state index contributed by atoms with van der Waals surface area (Å²) in [6.07, 6.45) is 68.5. The molecule has 0 fully saturated rings. The highest BCUT2D eigenvalue weighted by Crippen LogP contribution is 2.17. The number of unbranched alkanes of at least 4 members (excludes halogenated alkanes) is 42. The first-order valence-electron chi connectivity index (χ1n) is 46.9. The molecule has 0 heterocycles. The summed E-state index contributed by atoms with van der Waals surface area (Å²) in [5.74, 6) is 0. The molecule has 24 heteroatoms. The molecule has 12 nitrogen and oxygen atoms in total. The van der Waals surface area contributed by atoms with Crippen molar-refractivity contribution < 1.29 is 203 Å². The van der Waals surface area contributed by atoms with Crippen LogP contribution in [0.4, 0.5) is 0 Å². The molecule has 0 aromatic carbocycles. The lowest BCUT2D eigenvalue weighted by atomic mass is 10.1. The standard InChI is InChI=1S/6C16H38N2.12ClH/c6*1-17(2,3)15-13-11-9-7-8-10-12-14-16-18(4,5)6;;;;;;;;;;;;/h6*7-16H2,1-6H3;12*1H/q6*+2;;;;;;;;;;;;/p-12. The molecule has 0 aromatic heterocycles. The van der Waals surface area contributed by atoms with Crippen LogP contribution in [0.3, 0.4) is 0 Å². The van der Waals surface area contributed by atoms with Gasteiger partial charge < -0.3 is 203 Å². The molecule has 756 valence electrons. The van der Waals surface area contributed by atoms with Crippen LogP contribution in [-0.2, 0) is 0 Å². The first-order chi connectivity index (χ1) is 49.2. The molecule has 120 heavy (non-hydrogen) atoms. The summed E-state index contributed by atoms with van der Waals surface area (Å²) in [4.78, 5) is 0. The molecule has 0 aliphatic carbocycles. The van der Waals surface area contributed by atoms with Crippen LogP contribution in [0.25, 0.3) is 0 Å². The predicted molar refractivity (Wildman–Crippen MR) is 496 cm³/mol. The van der Waals surface area contributed by atoms with Crippen LogP contribution in [0.2, 0.25) is 0 Å². The van der Waals surface area contributed by atoms with E-state index < -0.39 is 0 Å². The SMILES string of the molecule is C[N+](C)(C)CCCCCCCCCC[N+](C)(C)C.C[N+](C)(C)CCCCCCCCCC[N+](C)(C)C.C[N+](C)(C)CCCCCCCCCC[N+](C)(C)C.C[N+](C)(C)CCCCCCCCCC[N+](C)(C)C.C[N+](C)(C)CCCCCCCCCC[N+](C)(C)C.C[N+](C)(C)CCCCCCCCCC[N+](C)(C)C.[Cl-].[Cl-].[Cl-].[Cl-].[Cl-].[Cl-].[Cl-].[Cl-].[Cl-].[Cl-].[Cl-].[Cl-]. The van der Waals surface area contributed by atoms with Crippen molar-refractivity contribution in [2.45, 2.75) is 308 Å². The first kappa shape index (κ1) is 166. The van der Waals surface area contributed by atoms with Crippen LogP contribution in [0.15, 0.2) is 0 Å². The van der Waals surface area contributed by atoms with Gasteiger partial charge in [-0.1, -0.05) is 154 Å². The van der Waals surface area contributed by atoms with E-state index in [0.29, 0.717) is 0 Å². The summed E-state index contributed by atoms with van der Waals surface area (Å²) in [6, 6.07) is 0. The van der Waals surface area contributed by atoms with Crippen molar-refractivity contribution in [1.29, 1.82) is 0 Å². The maximum Gasteiger partial charge on any atom is 0.0780 e. The minimum atomic E-state index is 0. The molecule has 0 unspecified atom stereocenters. The third-order valence-corrected chi connectivity index (χ3v) is 20.4. The molecule has 0 saturated heterocycles. The Labute approximate surface area is 836 Å². The Bertz CT molecular complexity index is 1380. The Morgan fingerprint density at radius 3 is 0.133 bits per heavy atom. The zero-order valence-corrected chi connectivity index (χ0v) is 97.4. The van der Waals surface area contributed by atoms with E-state index in [9.17, 15) is 0 Å². The second-order valence-electron chi connectivity index (χ2n) is 47.1.